The number of methoxy groups -OCH3 is 1. The van der Waals surface area contributed by atoms with Gasteiger partial charge in [0.05, 0.1) is 116 Å². The predicted molar refractivity (Wildman–Crippen MR) is 269 cm³/mol. The lowest BCUT2D eigenvalue weighted by Crippen LogP contribution is -2.61. The smallest absolute Gasteiger partial charge is 0.308 e. The summed E-state index contributed by atoms with van der Waals surface area (Å²) in [5.74, 6) is -1.85. The number of hydrogen-bond donors (Lipinski definition) is 2. The van der Waals surface area contributed by atoms with Crippen molar-refractivity contribution in [3.05, 3.63) is 24.3 Å². The molecule has 0 radical (unpaired) electrons. The summed E-state index contributed by atoms with van der Waals surface area (Å²) >= 11 is 0. The molecule has 13 fully saturated rings. The lowest BCUT2D eigenvalue weighted by Gasteiger charge is -2.50. The van der Waals surface area contributed by atoms with Crippen molar-refractivity contribution in [1.82, 2.24) is 0 Å². The minimum atomic E-state index is -0.950. The number of aliphatic hydroxyl groups excluding tert-OH is 1. The lowest BCUT2D eigenvalue weighted by molar-refractivity contribution is -0.388. The molecule has 0 aromatic heterocycles. The molecule has 0 unspecified atom stereocenters. The number of carbonyl (C=O) groups is 1. The molecule has 18 nitrogen and oxygen atoms in total. The third-order valence-corrected chi connectivity index (χ3v) is 20.7. The van der Waals surface area contributed by atoms with Crippen molar-refractivity contribution >= 4 is 5.97 Å². The second-order valence-electron chi connectivity index (χ2n) is 25.9. The van der Waals surface area contributed by atoms with E-state index in [1.54, 1.807) is 7.11 Å². The number of fused-ring (bicyclic) bond motifs is 13. The quantitative estimate of drug-likeness (QED) is 0.186. The van der Waals surface area contributed by atoms with Crippen LogP contribution in [0.25, 0.3) is 0 Å². The van der Waals surface area contributed by atoms with Crippen LogP contribution in [0.3, 0.4) is 0 Å². The Bertz CT molecular complexity index is 2140. The molecule has 13 saturated heterocycles. The molecule has 426 valence electrons. The third-order valence-electron chi connectivity index (χ3n) is 20.7. The number of ether oxygens (including phenoxy) is 13. The molecule has 29 atom stereocenters. The molecular weight excluding hydrogens is 983 g/mol. The van der Waals surface area contributed by atoms with Gasteiger partial charge in [-0.05, 0) is 86.7 Å². The van der Waals surface area contributed by atoms with E-state index in [0.29, 0.717) is 57.8 Å². The SMILES string of the molecule is C=C1C[C@@H]2CC[C@]34C[C@@H](OC)[C@H](O3)[C@H]3C[C@@H](O4)[C@H]4O[C@H](CC[C@@H]4O3)CC(=O)O[C@@H]3[C@@H](C)[C@@H]4O[C@@H]5C[C@]6(C[C@@H]7OO[C@H]8C[C@@H](O)[C@@H](CN)O[C@H]8[C@@H](C)CC[C@H](C)[C@@H]7O6)O[C@@H]5C[C@@H]4O[C@H]3C[C@H]3O[C@@H](CC[C@@H]1O2)C[C@@H](C)C3=C. The fourth-order valence-corrected chi connectivity index (χ4v) is 16.5. The molecule has 13 heterocycles. The van der Waals surface area contributed by atoms with Crippen LogP contribution in [0.15, 0.2) is 24.3 Å². The van der Waals surface area contributed by atoms with Crippen LogP contribution in [0, 0.1) is 23.7 Å². The minimum absolute atomic E-state index is 0.00595. The van der Waals surface area contributed by atoms with Crippen molar-refractivity contribution in [2.45, 2.75) is 295 Å². The Labute approximate surface area is 448 Å². The number of nitrogens with two attached hydrogens (primary N) is 1. The largest absolute Gasteiger partial charge is 0.459 e. The summed E-state index contributed by atoms with van der Waals surface area (Å²) in [5.41, 5.74) is 8.14. The maximum atomic E-state index is 14.5. The van der Waals surface area contributed by atoms with Crippen molar-refractivity contribution in [3.8, 4) is 0 Å². The van der Waals surface area contributed by atoms with Crippen LogP contribution in [0.5, 0.6) is 0 Å². The Hall–Kier alpha value is -1.69. The van der Waals surface area contributed by atoms with E-state index >= 15 is 0 Å². The summed E-state index contributed by atoms with van der Waals surface area (Å²) in [6, 6.07) is 0. The first-order valence-corrected chi connectivity index (χ1v) is 29.7. The van der Waals surface area contributed by atoms with Gasteiger partial charge in [0.25, 0.3) is 0 Å². The molecule has 0 aliphatic carbocycles. The van der Waals surface area contributed by atoms with E-state index in [1.807, 2.05) is 0 Å². The summed E-state index contributed by atoms with van der Waals surface area (Å²) in [7, 11) is 1.75. The topological polar surface area (TPSA) is 202 Å². The van der Waals surface area contributed by atoms with E-state index in [9.17, 15) is 9.90 Å². The van der Waals surface area contributed by atoms with Crippen LogP contribution in [0.4, 0.5) is 0 Å². The number of aliphatic hydroxyl groups is 1. The van der Waals surface area contributed by atoms with Crippen LogP contribution in [-0.2, 0) is 76.1 Å². The normalized spacial score (nSPS) is 55.5. The summed E-state index contributed by atoms with van der Waals surface area (Å²) in [4.78, 5) is 27.1. The fourth-order valence-electron chi connectivity index (χ4n) is 16.5. The van der Waals surface area contributed by atoms with Gasteiger partial charge < -0.3 is 72.4 Å². The van der Waals surface area contributed by atoms with Crippen molar-refractivity contribution in [3.63, 3.8) is 0 Å². The first-order chi connectivity index (χ1) is 36.6. The maximum absolute atomic E-state index is 14.5. The zero-order valence-corrected chi connectivity index (χ0v) is 45.5. The van der Waals surface area contributed by atoms with E-state index in [0.717, 1.165) is 62.5 Å². The van der Waals surface area contributed by atoms with Gasteiger partial charge in [-0.15, -0.1) is 0 Å². The molecule has 18 heteroatoms. The molecule has 10 bridgehead atoms. The molecule has 13 rings (SSSR count). The zero-order valence-electron chi connectivity index (χ0n) is 45.5. The van der Waals surface area contributed by atoms with E-state index in [2.05, 4.69) is 40.9 Å². The summed E-state index contributed by atoms with van der Waals surface area (Å²) in [5, 5.41) is 10.9. The number of hydrogen-bond acceptors (Lipinski definition) is 18. The Morgan fingerprint density at radius 1 is 0.566 bits per heavy atom. The van der Waals surface area contributed by atoms with Gasteiger partial charge in [-0.3, -0.25) is 4.79 Å². The molecule has 13 aliphatic rings. The minimum Gasteiger partial charge on any atom is -0.459 e. The average Bonchev–Trinajstić information content (AvgIpc) is 4.25. The average molecular weight is 1070 g/mol. The van der Waals surface area contributed by atoms with E-state index in [4.69, 9.17) is 77.1 Å². The Balaban J connectivity index is 0.737. The van der Waals surface area contributed by atoms with Crippen LogP contribution in [0.2, 0.25) is 0 Å². The van der Waals surface area contributed by atoms with Crippen molar-refractivity contribution < 1.29 is 81.3 Å². The summed E-state index contributed by atoms with van der Waals surface area (Å²) in [6.45, 7) is 18.1. The standard InChI is InChI=1S/C58H87NO17/c1-27-8-9-28(2)52-48(76-75-45-19-36(60)49(26-59)69-51(27)45)25-58(73-52)23-46-40(71-58)21-42-53(68-46)32(6)54-41(67-42)20-39-31(5)29(3)16-33(64-39)10-12-37-30(4)17-35(63-37)14-15-57-24-47(62-7)56(74-57)43-22-44(72-57)55-38(66-43)13-11-34(65-55)18-50(61)70-54/h27-29,32-49,51-56,60H,4-5,8-26,59H2,1-3,6-7H3/t27-,28-,29+,32-,33-,34+,35-,36+,37-,38-,39+,40+,41-,42-,43+,44+,45-,46+,47+,48-,49+,51-,52-,53-,54+,55-,56+,57+,58-/m0/s1. The second-order valence-corrected chi connectivity index (χ2v) is 25.9. The number of esters is 1. The Morgan fingerprint density at radius 3 is 2.09 bits per heavy atom. The van der Waals surface area contributed by atoms with Gasteiger partial charge in [-0.1, -0.05) is 40.9 Å². The van der Waals surface area contributed by atoms with Gasteiger partial charge in [0.2, 0.25) is 0 Å². The first-order valence-electron chi connectivity index (χ1n) is 29.7. The molecule has 3 N–H and O–H groups in total. The monoisotopic (exact) mass is 1070 g/mol. The van der Waals surface area contributed by atoms with Gasteiger partial charge >= 0.3 is 5.97 Å². The van der Waals surface area contributed by atoms with Crippen LogP contribution >= 0.6 is 0 Å². The Kier molecular flexibility index (Phi) is 15.0. The van der Waals surface area contributed by atoms with E-state index in [1.165, 1.54) is 0 Å². The third kappa shape index (κ3) is 10.0. The molecule has 13 aliphatic heterocycles. The Morgan fingerprint density at radius 2 is 1.26 bits per heavy atom. The van der Waals surface area contributed by atoms with Crippen molar-refractivity contribution in [2.75, 3.05) is 13.7 Å². The number of rotatable bonds is 2. The van der Waals surface area contributed by atoms with Crippen LogP contribution in [0.1, 0.15) is 143 Å². The first kappa shape index (κ1) is 53.6. The molecule has 0 amide bonds. The highest BCUT2D eigenvalue weighted by Crippen LogP contribution is 2.53. The molecule has 76 heavy (non-hydrogen) atoms. The van der Waals surface area contributed by atoms with Gasteiger partial charge in [0, 0.05) is 70.9 Å². The lowest BCUT2D eigenvalue weighted by atomic mass is 9.79. The van der Waals surface area contributed by atoms with Crippen LogP contribution in [-0.4, -0.2) is 177 Å². The second kappa shape index (κ2) is 21.2. The van der Waals surface area contributed by atoms with Crippen LogP contribution < -0.4 is 5.73 Å². The van der Waals surface area contributed by atoms with Crippen molar-refractivity contribution in [1.29, 1.82) is 0 Å². The van der Waals surface area contributed by atoms with Gasteiger partial charge in [-0.2, -0.15) is 0 Å². The molecule has 0 aromatic carbocycles. The van der Waals surface area contributed by atoms with Gasteiger partial charge in [0.15, 0.2) is 11.6 Å². The predicted octanol–water partition coefficient (Wildman–Crippen LogP) is 5.98. The molecule has 0 saturated carbocycles. The van der Waals surface area contributed by atoms with Gasteiger partial charge in [0.1, 0.15) is 30.5 Å². The van der Waals surface area contributed by atoms with E-state index in [-0.39, 0.29) is 146 Å². The highest BCUT2D eigenvalue weighted by molar-refractivity contribution is 5.70. The number of carbonyl (C=O) groups excluding carboxylic acids is 1. The maximum Gasteiger partial charge on any atom is 0.308 e. The highest BCUT2D eigenvalue weighted by atomic mass is 17.2. The fraction of sp³-hybridized carbons (Fsp3) is 0.914. The summed E-state index contributed by atoms with van der Waals surface area (Å²) < 4.78 is 88.9. The molecule has 0 aromatic rings. The molecule has 2 spiro atoms. The molecular formula is C58H87NO17. The van der Waals surface area contributed by atoms with E-state index < -0.39 is 48.2 Å². The summed E-state index contributed by atoms with van der Waals surface area (Å²) in [6.07, 6.45) is 4.48. The zero-order chi connectivity index (χ0) is 52.4. The highest BCUT2D eigenvalue weighted by Gasteiger charge is 2.63. The van der Waals surface area contributed by atoms with Gasteiger partial charge in [-0.25, -0.2) is 9.78 Å². The van der Waals surface area contributed by atoms with Crippen molar-refractivity contribution in [2.24, 2.45) is 29.4 Å².